The standard InChI is InChI=1S/C30H35ClN4O/c31-29-8-2-1-6-26(29)20-34-15-13-33(14-16-34)19-23-9-10-30-27(18-23)28(21-35(30)12-4-11-32)25-7-3-5-24(17-25)22-36/h1-3,5-10,17-18,21,36H,4,11-16,19-20,22,32H2. The first-order chi connectivity index (χ1) is 17.6. The predicted molar refractivity (Wildman–Crippen MR) is 149 cm³/mol. The van der Waals surface area contributed by atoms with Crippen LogP contribution in [-0.2, 0) is 26.2 Å². The lowest BCUT2D eigenvalue weighted by Crippen LogP contribution is -2.45. The van der Waals surface area contributed by atoms with Crippen molar-refractivity contribution in [3.8, 4) is 11.1 Å². The summed E-state index contributed by atoms with van der Waals surface area (Å²) < 4.78 is 2.32. The molecule has 5 rings (SSSR count). The Kier molecular flexibility index (Phi) is 8.05. The van der Waals surface area contributed by atoms with Gasteiger partial charge in [0.05, 0.1) is 6.61 Å². The molecule has 0 radical (unpaired) electrons. The molecular formula is C30H35ClN4O. The molecule has 188 valence electrons. The van der Waals surface area contributed by atoms with Crippen LogP contribution >= 0.6 is 11.6 Å². The van der Waals surface area contributed by atoms with Gasteiger partial charge in [0.15, 0.2) is 0 Å². The van der Waals surface area contributed by atoms with Crippen molar-refractivity contribution in [1.29, 1.82) is 0 Å². The van der Waals surface area contributed by atoms with Crippen LogP contribution in [0.4, 0.5) is 0 Å². The molecule has 5 nitrogen and oxygen atoms in total. The number of rotatable bonds is 9. The highest BCUT2D eigenvalue weighted by Crippen LogP contribution is 2.32. The summed E-state index contributed by atoms with van der Waals surface area (Å²) in [6, 6.07) is 23.2. The highest BCUT2D eigenvalue weighted by Gasteiger charge is 2.19. The number of halogens is 1. The number of hydrogen-bond donors (Lipinski definition) is 2. The number of aryl methyl sites for hydroxylation is 1. The second kappa shape index (κ2) is 11.6. The van der Waals surface area contributed by atoms with E-state index in [1.165, 1.54) is 27.6 Å². The van der Waals surface area contributed by atoms with Crippen LogP contribution in [0.1, 0.15) is 23.1 Å². The van der Waals surface area contributed by atoms with E-state index in [4.69, 9.17) is 17.3 Å². The highest BCUT2D eigenvalue weighted by molar-refractivity contribution is 6.31. The number of hydrogen-bond acceptors (Lipinski definition) is 4. The van der Waals surface area contributed by atoms with Crippen molar-refractivity contribution in [2.75, 3.05) is 32.7 Å². The molecule has 0 aliphatic carbocycles. The average Bonchev–Trinajstić information content (AvgIpc) is 3.27. The lowest BCUT2D eigenvalue weighted by Gasteiger charge is -2.35. The van der Waals surface area contributed by atoms with Crippen molar-refractivity contribution in [3.63, 3.8) is 0 Å². The predicted octanol–water partition coefficient (Wildman–Crippen LogP) is 5.12. The zero-order valence-electron chi connectivity index (χ0n) is 20.7. The molecule has 0 unspecified atom stereocenters. The zero-order valence-corrected chi connectivity index (χ0v) is 21.5. The van der Waals surface area contributed by atoms with Gasteiger partial charge in [-0.2, -0.15) is 0 Å². The quantitative estimate of drug-likeness (QED) is 0.333. The summed E-state index contributed by atoms with van der Waals surface area (Å²) in [5.41, 5.74) is 12.9. The largest absolute Gasteiger partial charge is 0.392 e. The second-order valence-electron chi connectivity index (χ2n) is 9.73. The van der Waals surface area contributed by atoms with Gasteiger partial charge in [0.1, 0.15) is 0 Å². The number of fused-ring (bicyclic) bond motifs is 1. The average molecular weight is 503 g/mol. The molecule has 0 saturated carbocycles. The lowest BCUT2D eigenvalue weighted by molar-refractivity contribution is 0.122. The first-order valence-corrected chi connectivity index (χ1v) is 13.2. The molecule has 1 aliphatic rings. The monoisotopic (exact) mass is 502 g/mol. The molecular weight excluding hydrogens is 468 g/mol. The minimum absolute atomic E-state index is 0.0490. The summed E-state index contributed by atoms with van der Waals surface area (Å²) in [5.74, 6) is 0. The van der Waals surface area contributed by atoms with Crippen LogP contribution < -0.4 is 5.73 Å². The summed E-state index contributed by atoms with van der Waals surface area (Å²) in [7, 11) is 0. The Bertz CT molecular complexity index is 1310. The van der Waals surface area contributed by atoms with Gasteiger partial charge >= 0.3 is 0 Å². The van der Waals surface area contributed by atoms with E-state index in [9.17, 15) is 5.11 Å². The molecule has 3 aromatic carbocycles. The first-order valence-electron chi connectivity index (χ1n) is 12.8. The van der Waals surface area contributed by atoms with E-state index in [-0.39, 0.29) is 6.61 Å². The number of nitrogens with zero attached hydrogens (tertiary/aromatic N) is 3. The molecule has 1 saturated heterocycles. The molecule has 1 aliphatic heterocycles. The van der Waals surface area contributed by atoms with Crippen LogP contribution in [-0.4, -0.2) is 52.2 Å². The van der Waals surface area contributed by atoms with E-state index < -0.39 is 0 Å². The molecule has 0 atom stereocenters. The van der Waals surface area contributed by atoms with Crippen molar-refractivity contribution >= 4 is 22.5 Å². The Labute approximate surface area is 218 Å². The minimum atomic E-state index is 0.0490. The molecule has 6 heteroatoms. The van der Waals surface area contributed by atoms with Crippen LogP contribution in [0.25, 0.3) is 22.0 Å². The maximum atomic E-state index is 9.65. The fourth-order valence-electron chi connectivity index (χ4n) is 5.19. The van der Waals surface area contributed by atoms with Crippen LogP contribution in [0.5, 0.6) is 0 Å². The molecule has 1 fully saturated rings. The Morgan fingerprint density at radius 2 is 1.61 bits per heavy atom. The molecule has 4 aromatic rings. The summed E-state index contributed by atoms with van der Waals surface area (Å²) in [6.45, 7) is 7.66. The highest BCUT2D eigenvalue weighted by atomic mass is 35.5. The maximum absolute atomic E-state index is 9.65. The van der Waals surface area contributed by atoms with Crippen molar-refractivity contribution in [3.05, 3.63) is 94.6 Å². The smallest absolute Gasteiger partial charge is 0.0682 e. The zero-order chi connectivity index (χ0) is 24.9. The van der Waals surface area contributed by atoms with Gasteiger partial charge in [-0.1, -0.05) is 54.1 Å². The molecule has 36 heavy (non-hydrogen) atoms. The Balaban J connectivity index is 1.33. The van der Waals surface area contributed by atoms with Gasteiger partial charge in [0.2, 0.25) is 0 Å². The lowest BCUT2D eigenvalue weighted by atomic mass is 10.0. The summed E-state index contributed by atoms with van der Waals surface area (Å²) in [4.78, 5) is 5.03. The topological polar surface area (TPSA) is 57.7 Å². The summed E-state index contributed by atoms with van der Waals surface area (Å²) >= 11 is 6.37. The van der Waals surface area contributed by atoms with Crippen molar-refractivity contribution in [1.82, 2.24) is 14.4 Å². The first kappa shape index (κ1) is 25.0. The van der Waals surface area contributed by atoms with Gasteiger partial charge in [-0.3, -0.25) is 9.80 Å². The third-order valence-corrected chi connectivity index (χ3v) is 7.56. The number of nitrogens with two attached hydrogens (primary N) is 1. The fraction of sp³-hybridized carbons (Fsp3) is 0.333. The van der Waals surface area contributed by atoms with Crippen molar-refractivity contribution < 1.29 is 5.11 Å². The fourth-order valence-corrected chi connectivity index (χ4v) is 5.38. The van der Waals surface area contributed by atoms with Crippen LogP contribution in [0.2, 0.25) is 5.02 Å². The van der Waals surface area contributed by atoms with E-state index in [1.807, 2.05) is 24.3 Å². The molecule has 0 spiro atoms. The summed E-state index contributed by atoms with van der Waals surface area (Å²) in [5, 5.41) is 11.8. The third kappa shape index (κ3) is 5.66. The van der Waals surface area contributed by atoms with Crippen molar-refractivity contribution in [2.45, 2.75) is 32.7 Å². The van der Waals surface area contributed by atoms with Gasteiger partial charge in [-0.25, -0.2) is 0 Å². The SMILES string of the molecule is NCCCn1cc(-c2cccc(CO)c2)c2cc(CN3CCN(Cc4ccccc4Cl)CC3)ccc21. The van der Waals surface area contributed by atoms with Gasteiger partial charge in [0, 0.05) is 73.5 Å². The van der Waals surface area contributed by atoms with Gasteiger partial charge < -0.3 is 15.4 Å². The minimum Gasteiger partial charge on any atom is -0.392 e. The van der Waals surface area contributed by atoms with E-state index >= 15 is 0 Å². The second-order valence-corrected chi connectivity index (χ2v) is 10.1. The molecule has 0 amide bonds. The van der Waals surface area contributed by atoms with E-state index in [0.29, 0.717) is 6.54 Å². The number of aromatic nitrogens is 1. The van der Waals surface area contributed by atoms with E-state index in [0.717, 1.165) is 68.4 Å². The molecule has 3 N–H and O–H groups in total. The maximum Gasteiger partial charge on any atom is 0.0682 e. The number of benzene rings is 3. The van der Waals surface area contributed by atoms with Crippen LogP contribution in [0.3, 0.4) is 0 Å². The number of piperazine rings is 1. The number of aliphatic hydroxyl groups excluding tert-OH is 1. The Hall–Kier alpha value is -2.67. The summed E-state index contributed by atoms with van der Waals surface area (Å²) in [6.07, 6.45) is 3.19. The Morgan fingerprint density at radius 3 is 2.36 bits per heavy atom. The van der Waals surface area contributed by atoms with Crippen molar-refractivity contribution in [2.24, 2.45) is 5.73 Å². The normalized spacial score (nSPS) is 15.1. The van der Waals surface area contributed by atoms with Gasteiger partial charge in [-0.05, 0) is 59.5 Å². The molecule has 2 heterocycles. The van der Waals surface area contributed by atoms with Crippen LogP contribution in [0, 0.1) is 0 Å². The Morgan fingerprint density at radius 1 is 0.833 bits per heavy atom. The molecule has 0 bridgehead atoms. The van der Waals surface area contributed by atoms with Crippen LogP contribution in [0.15, 0.2) is 72.9 Å². The third-order valence-electron chi connectivity index (χ3n) is 7.19. The number of aliphatic hydroxyl groups is 1. The van der Waals surface area contributed by atoms with E-state index in [1.54, 1.807) is 0 Å². The molecule has 1 aromatic heterocycles. The van der Waals surface area contributed by atoms with Gasteiger partial charge in [0.25, 0.3) is 0 Å². The van der Waals surface area contributed by atoms with Gasteiger partial charge in [-0.15, -0.1) is 0 Å². The van der Waals surface area contributed by atoms with E-state index in [2.05, 4.69) is 63.0 Å².